The van der Waals surface area contributed by atoms with Crippen LogP contribution in [0.5, 0.6) is 0 Å². The van der Waals surface area contributed by atoms with Crippen molar-refractivity contribution in [2.75, 3.05) is 13.6 Å². The average Bonchev–Trinajstić information content (AvgIpc) is 1.78. The number of carbonyl (C=O) groups is 1. The molecule has 0 spiro atoms. The Kier molecular flexibility index (Phi) is 4.04. The minimum atomic E-state index is -3.71. The van der Waals surface area contributed by atoms with Gasteiger partial charge < -0.3 is 5.11 Å². The molecule has 2 N–H and O–H groups in total. The molecule has 0 bridgehead atoms. The van der Waals surface area contributed by atoms with Gasteiger partial charge in [-0.1, -0.05) is 0 Å². The SMILES string of the molecule is CN(CC(=O)O)S(=O)(=O)NC(C)(C)C. The zero-order chi connectivity index (χ0) is 11.6. The van der Waals surface area contributed by atoms with Crippen LogP contribution in [0.3, 0.4) is 0 Å². The van der Waals surface area contributed by atoms with Gasteiger partial charge in [-0.15, -0.1) is 0 Å². The highest BCUT2D eigenvalue weighted by molar-refractivity contribution is 7.87. The number of nitrogens with one attached hydrogen (secondary N) is 1. The van der Waals surface area contributed by atoms with Crippen LogP contribution in [-0.2, 0) is 15.0 Å². The van der Waals surface area contributed by atoms with Gasteiger partial charge in [-0.05, 0) is 20.8 Å². The number of carboxylic acid groups (broad SMARTS) is 1. The average molecular weight is 224 g/mol. The van der Waals surface area contributed by atoms with Crippen molar-refractivity contribution in [2.24, 2.45) is 0 Å². The van der Waals surface area contributed by atoms with Gasteiger partial charge in [-0.2, -0.15) is 17.4 Å². The first-order valence-corrected chi connectivity index (χ1v) is 5.45. The molecule has 7 heteroatoms. The Hall–Kier alpha value is -0.660. The summed E-state index contributed by atoms with van der Waals surface area (Å²) in [5.41, 5.74) is -0.619. The van der Waals surface area contributed by atoms with E-state index >= 15 is 0 Å². The fraction of sp³-hybridized carbons (Fsp3) is 0.857. The molecule has 0 aromatic heterocycles. The van der Waals surface area contributed by atoms with E-state index in [0.717, 1.165) is 4.31 Å². The van der Waals surface area contributed by atoms with Crippen molar-refractivity contribution in [1.82, 2.24) is 9.03 Å². The number of aliphatic carboxylic acids is 1. The van der Waals surface area contributed by atoms with E-state index in [4.69, 9.17) is 5.11 Å². The molecule has 0 aromatic rings. The Morgan fingerprint density at radius 1 is 1.43 bits per heavy atom. The summed E-state index contributed by atoms with van der Waals surface area (Å²) in [5.74, 6) is -1.19. The molecule has 0 atom stereocenters. The van der Waals surface area contributed by atoms with Crippen molar-refractivity contribution in [2.45, 2.75) is 26.3 Å². The lowest BCUT2D eigenvalue weighted by atomic mass is 10.1. The molecule has 0 unspecified atom stereocenters. The molecule has 0 aliphatic heterocycles. The maximum absolute atomic E-state index is 11.4. The van der Waals surface area contributed by atoms with Gasteiger partial charge in [0.05, 0.1) is 0 Å². The van der Waals surface area contributed by atoms with Crippen LogP contribution in [-0.4, -0.2) is 42.9 Å². The lowest BCUT2D eigenvalue weighted by Crippen LogP contribution is -2.48. The van der Waals surface area contributed by atoms with Gasteiger partial charge >= 0.3 is 5.97 Å². The first kappa shape index (κ1) is 13.3. The highest BCUT2D eigenvalue weighted by atomic mass is 32.2. The number of carboxylic acids is 1. The minimum Gasteiger partial charge on any atom is -0.480 e. The van der Waals surface area contributed by atoms with E-state index in [1.54, 1.807) is 20.8 Å². The zero-order valence-electron chi connectivity index (χ0n) is 8.73. The molecule has 0 saturated carbocycles. The summed E-state index contributed by atoms with van der Waals surface area (Å²) in [5, 5.41) is 8.41. The molecule has 6 nitrogen and oxygen atoms in total. The molecule has 0 aliphatic rings. The summed E-state index contributed by atoms with van der Waals surface area (Å²) in [6, 6.07) is 0. The molecule has 0 aliphatic carbocycles. The number of likely N-dealkylation sites (N-methyl/N-ethyl adjacent to an activating group) is 1. The first-order valence-electron chi connectivity index (χ1n) is 4.01. The molecule has 0 amide bonds. The Labute approximate surface area is 84.1 Å². The molecule has 0 aromatic carbocycles. The summed E-state index contributed by atoms with van der Waals surface area (Å²) in [6.45, 7) is 4.49. The molecule has 0 saturated heterocycles. The van der Waals surface area contributed by atoms with Crippen LogP contribution < -0.4 is 4.72 Å². The van der Waals surface area contributed by atoms with Crippen LogP contribution in [0.1, 0.15) is 20.8 Å². The number of rotatable bonds is 4. The van der Waals surface area contributed by atoms with Crippen LogP contribution in [0.15, 0.2) is 0 Å². The molecule has 0 rings (SSSR count). The molecule has 0 heterocycles. The lowest BCUT2D eigenvalue weighted by molar-refractivity contribution is -0.137. The van der Waals surface area contributed by atoms with E-state index in [9.17, 15) is 13.2 Å². The van der Waals surface area contributed by atoms with Crippen molar-refractivity contribution in [3.05, 3.63) is 0 Å². The molecule has 84 valence electrons. The summed E-state index contributed by atoms with van der Waals surface area (Å²) in [7, 11) is -2.50. The van der Waals surface area contributed by atoms with Crippen molar-refractivity contribution in [3.8, 4) is 0 Å². The largest absolute Gasteiger partial charge is 0.480 e. The smallest absolute Gasteiger partial charge is 0.318 e. The predicted molar refractivity (Wildman–Crippen MR) is 52.1 cm³/mol. The minimum absolute atomic E-state index is 0.550. The fourth-order valence-electron chi connectivity index (χ4n) is 0.740. The normalized spacial score (nSPS) is 13.2. The van der Waals surface area contributed by atoms with Crippen LogP contribution in [0.4, 0.5) is 0 Å². The van der Waals surface area contributed by atoms with E-state index in [0.29, 0.717) is 0 Å². The second kappa shape index (κ2) is 4.24. The summed E-state index contributed by atoms with van der Waals surface area (Å²) in [4.78, 5) is 10.3. The second-order valence-electron chi connectivity index (χ2n) is 4.01. The third-order valence-electron chi connectivity index (χ3n) is 1.20. The Balaban J connectivity index is 4.56. The van der Waals surface area contributed by atoms with Crippen LogP contribution >= 0.6 is 0 Å². The van der Waals surface area contributed by atoms with Gasteiger partial charge in [0.15, 0.2) is 0 Å². The molecule has 14 heavy (non-hydrogen) atoms. The lowest BCUT2D eigenvalue weighted by Gasteiger charge is -2.24. The standard InChI is InChI=1S/C7H16N2O4S/c1-7(2,3)8-14(12,13)9(4)5-6(10)11/h8H,5H2,1-4H3,(H,10,11). The highest BCUT2D eigenvalue weighted by Crippen LogP contribution is 2.04. The molecule has 0 radical (unpaired) electrons. The van der Waals surface area contributed by atoms with Crippen LogP contribution in [0.25, 0.3) is 0 Å². The topological polar surface area (TPSA) is 86.7 Å². The van der Waals surface area contributed by atoms with E-state index in [1.807, 2.05) is 0 Å². The molecule has 0 fully saturated rings. The van der Waals surface area contributed by atoms with E-state index in [1.165, 1.54) is 7.05 Å². The predicted octanol–water partition coefficient (Wildman–Crippen LogP) is -0.364. The highest BCUT2D eigenvalue weighted by Gasteiger charge is 2.25. The van der Waals surface area contributed by atoms with Crippen molar-refractivity contribution < 1.29 is 18.3 Å². The quantitative estimate of drug-likeness (QED) is 0.682. The maximum Gasteiger partial charge on any atom is 0.318 e. The first-order chi connectivity index (χ1) is 6.04. The Morgan fingerprint density at radius 3 is 2.14 bits per heavy atom. The molecular formula is C7H16N2O4S. The summed E-state index contributed by atoms with van der Waals surface area (Å²) < 4.78 is 26.0. The van der Waals surface area contributed by atoms with E-state index < -0.39 is 28.3 Å². The van der Waals surface area contributed by atoms with E-state index in [2.05, 4.69) is 4.72 Å². The van der Waals surface area contributed by atoms with Crippen molar-refractivity contribution in [3.63, 3.8) is 0 Å². The van der Waals surface area contributed by atoms with Gasteiger partial charge in [0.25, 0.3) is 10.2 Å². The molecular weight excluding hydrogens is 208 g/mol. The summed E-state index contributed by atoms with van der Waals surface area (Å²) in [6.07, 6.45) is 0. The number of hydrogen-bond acceptors (Lipinski definition) is 3. The van der Waals surface area contributed by atoms with E-state index in [-0.39, 0.29) is 0 Å². The fourth-order valence-corrected chi connectivity index (χ4v) is 1.95. The Morgan fingerprint density at radius 2 is 1.86 bits per heavy atom. The Bertz CT molecular complexity index is 304. The number of nitrogens with zero attached hydrogens (tertiary/aromatic N) is 1. The van der Waals surface area contributed by atoms with Gasteiger partial charge in [-0.3, -0.25) is 4.79 Å². The third-order valence-corrected chi connectivity index (χ3v) is 3.02. The van der Waals surface area contributed by atoms with Crippen LogP contribution in [0, 0.1) is 0 Å². The second-order valence-corrected chi connectivity index (χ2v) is 5.78. The summed E-state index contributed by atoms with van der Waals surface area (Å²) >= 11 is 0. The monoisotopic (exact) mass is 224 g/mol. The third kappa shape index (κ3) is 5.15. The van der Waals surface area contributed by atoms with Gasteiger partial charge in [-0.25, -0.2) is 0 Å². The maximum atomic E-state index is 11.4. The van der Waals surface area contributed by atoms with Gasteiger partial charge in [0.2, 0.25) is 0 Å². The number of hydrogen-bond donors (Lipinski definition) is 2. The zero-order valence-corrected chi connectivity index (χ0v) is 9.55. The van der Waals surface area contributed by atoms with Crippen molar-refractivity contribution >= 4 is 16.2 Å². The van der Waals surface area contributed by atoms with Crippen molar-refractivity contribution in [1.29, 1.82) is 0 Å². The van der Waals surface area contributed by atoms with Gasteiger partial charge in [0.1, 0.15) is 6.54 Å². The van der Waals surface area contributed by atoms with Crippen LogP contribution in [0.2, 0.25) is 0 Å². The van der Waals surface area contributed by atoms with Gasteiger partial charge in [0, 0.05) is 12.6 Å².